The average molecular weight is 368 g/mol. The number of benzene rings is 1. The van der Waals surface area contributed by atoms with Crippen LogP contribution in [0.15, 0.2) is 35.3 Å². The number of ether oxygens (including phenoxy) is 1. The first-order valence-corrected chi connectivity index (χ1v) is 8.78. The maximum Gasteiger partial charge on any atom is 0.262 e. The van der Waals surface area contributed by atoms with E-state index in [9.17, 15) is 10.0 Å². The van der Waals surface area contributed by atoms with Crippen LogP contribution in [0, 0.1) is 11.3 Å². The minimum atomic E-state index is -0.256. The van der Waals surface area contributed by atoms with Gasteiger partial charge in [-0.05, 0) is 24.3 Å². The minimum absolute atomic E-state index is 0.104. The summed E-state index contributed by atoms with van der Waals surface area (Å²) in [7, 11) is 0. The van der Waals surface area contributed by atoms with Crippen LogP contribution in [0.25, 0.3) is 11.0 Å². The Morgan fingerprint density at radius 1 is 1.33 bits per heavy atom. The second-order valence-electron chi connectivity index (χ2n) is 6.58. The van der Waals surface area contributed by atoms with Gasteiger partial charge in [-0.25, -0.2) is 4.98 Å². The largest absolute Gasteiger partial charge is 0.381 e. The van der Waals surface area contributed by atoms with Gasteiger partial charge in [0.05, 0.1) is 6.20 Å². The first-order valence-electron chi connectivity index (χ1n) is 8.78. The molecule has 0 spiro atoms. The maximum atomic E-state index is 12.5. The summed E-state index contributed by atoms with van der Waals surface area (Å²) < 4.78 is 5.50. The Morgan fingerprint density at radius 3 is 2.89 bits per heavy atom. The summed E-state index contributed by atoms with van der Waals surface area (Å²) >= 11 is 0. The molecule has 0 amide bonds. The van der Waals surface area contributed by atoms with Gasteiger partial charge in [0.2, 0.25) is 0 Å². The van der Waals surface area contributed by atoms with Crippen LogP contribution in [0.5, 0.6) is 0 Å². The van der Waals surface area contributed by atoms with Crippen LogP contribution in [0.3, 0.4) is 0 Å². The molecule has 9 nitrogen and oxygen atoms in total. The zero-order chi connectivity index (χ0) is 18.8. The molecule has 1 aromatic carbocycles. The van der Waals surface area contributed by atoms with E-state index in [1.54, 1.807) is 12.1 Å². The number of fused-ring (bicyclic) bond motifs is 1. The van der Waals surface area contributed by atoms with E-state index in [2.05, 4.69) is 20.2 Å². The van der Waals surface area contributed by atoms with Crippen molar-refractivity contribution in [2.45, 2.75) is 18.8 Å². The summed E-state index contributed by atoms with van der Waals surface area (Å²) in [5.74, 6) is 0.337. The van der Waals surface area contributed by atoms with Gasteiger partial charge in [0.15, 0.2) is 5.65 Å². The van der Waals surface area contributed by atoms with Crippen molar-refractivity contribution in [3.63, 3.8) is 0 Å². The smallest absolute Gasteiger partial charge is 0.262 e. The van der Waals surface area contributed by atoms with Crippen molar-refractivity contribution >= 4 is 16.9 Å². The second-order valence-corrected chi connectivity index (χ2v) is 6.58. The molecule has 1 aliphatic heterocycles. The fourth-order valence-corrected chi connectivity index (χ4v) is 3.74. The van der Waals surface area contributed by atoms with Crippen LogP contribution in [0.1, 0.15) is 35.7 Å². The fraction of sp³-hybridized carbons (Fsp3) is 0.333. The number of H-pyrrole nitrogens is 2. The lowest BCUT2D eigenvalue weighted by Gasteiger charge is -2.31. The first kappa shape index (κ1) is 17.4. The third-order valence-electron chi connectivity index (χ3n) is 5.05. The number of aromatic amines is 2. The zero-order valence-electron chi connectivity index (χ0n) is 14.5. The Morgan fingerprint density at radius 2 is 2.11 bits per heavy atom. The van der Waals surface area contributed by atoms with Crippen LogP contribution in [0.4, 0.5) is 0 Å². The molecular formula is C18H20N6O3. The normalized spacial score (nSPS) is 16.3. The van der Waals surface area contributed by atoms with Gasteiger partial charge in [-0.1, -0.05) is 24.3 Å². The quantitative estimate of drug-likeness (QED) is 0.269. The van der Waals surface area contributed by atoms with Gasteiger partial charge in [-0.3, -0.25) is 26.0 Å². The molecule has 0 saturated carbocycles. The highest BCUT2D eigenvalue weighted by molar-refractivity contribution is 5.97. The fourth-order valence-electron chi connectivity index (χ4n) is 3.74. The van der Waals surface area contributed by atoms with Crippen molar-refractivity contribution < 1.29 is 9.94 Å². The monoisotopic (exact) mass is 368 g/mol. The van der Waals surface area contributed by atoms with Gasteiger partial charge in [-0.2, -0.15) is 5.10 Å². The summed E-state index contributed by atoms with van der Waals surface area (Å²) in [5, 5.41) is 24.4. The zero-order valence-corrected chi connectivity index (χ0v) is 14.5. The van der Waals surface area contributed by atoms with Crippen LogP contribution in [-0.2, 0) is 4.74 Å². The summed E-state index contributed by atoms with van der Waals surface area (Å²) in [6.07, 6.45) is 3.07. The third kappa shape index (κ3) is 3.22. The molecule has 5 N–H and O–H groups in total. The number of amidine groups is 1. The highest BCUT2D eigenvalue weighted by atomic mass is 16.5. The summed E-state index contributed by atoms with van der Waals surface area (Å²) in [6, 6.07) is 7.35. The Balaban J connectivity index is 1.89. The van der Waals surface area contributed by atoms with E-state index < -0.39 is 0 Å². The Hall–Kier alpha value is -3.04. The molecule has 3 aromatic rings. The Labute approximate surface area is 154 Å². The summed E-state index contributed by atoms with van der Waals surface area (Å²) in [5.41, 5.74) is 3.47. The average Bonchev–Trinajstić information content (AvgIpc) is 3.18. The van der Waals surface area contributed by atoms with Gasteiger partial charge in [-0.15, -0.1) is 0 Å². The van der Waals surface area contributed by atoms with E-state index in [1.165, 1.54) is 6.20 Å². The molecule has 0 aliphatic carbocycles. The lowest BCUT2D eigenvalue weighted by Crippen LogP contribution is -2.29. The maximum absolute atomic E-state index is 12.5. The number of hydrogen-bond donors (Lipinski definition) is 5. The minimum Gasteiger partial charge on any atom is -0.381 e. The van der Waals surface area contributed by atoms with E-state index in [0.29, 0.717) is 35.6 Å². The molecule has 0 bridgehead atoms. The van der Waals surface area contributed by atoms with Crippen molar-refractivity contribution in [2.24, 2.45) is 5.92 Å². The standard InChI is InChI=1S/C18H20N6O3/c19-15(24-26)12-4-2-1-3-11(12)14(10-5-7-27-8-6-10)17-21-16-13(9-20-23-16)18(25)22-17/h1-4,9-10,14,26H,5-8H2,(H2,19,24)(H2,20,21,22,23,25). The predicted molar refractivity (Wildman–Crippen MR) is 98.1 cm³/mol. The van der Waals surface area contributed by atoms with E-state index >= 15 is 0 Å². The second kappa shape index (κ2) is 7.29. The number of nitrogens with zero attached hydrogens (tertiary/aromatic N) is 2. The summed E-state index contributed by atoms with van der Waals surface area (Å²) in [6.45, 7) is 1.27. The van der Waals surface area contributed by atoms with Crippen LogP contribution >= 0.6 is 0 Å². The SMILES string of the molecule is N=C(NO)c1ccccc1C(c1nc2[nH]ncc2c(=O)[nH]1)C1CCOCC1. The Bertz CT molecular complexity index is 1020. The van der Waals surface area contributed by atoms with Crippen LogP contribution in [0.2, 0.25) is 0 Å². The number of nitrogens with one attached hydrogen (secondary N) is 4. The molecule has 140 valence electrons. The molecular weight excluding hydrogens is 348 g/mol. The molecule has 4 rings (SSSR count). The highest BCUT2D eigenvalue weighted by Gasteiger charge is 2.31. The molecule has 9 heteroatoms. The van der Waals surface area contributed by atoms with E-state index in [0.717, 1.165) is 18.4 Å². The number of aromatic nitrogens is 4. The highest BCUT2D eigenvalue weighted by Crippen LogP contribution is 2.37. The Kier molecular flexibility index (Phi) is 4.69. The number of hydrogen-bond acceptors (Lipinski definition) is 6. The molecule has 27 heavy (non-hydrogen) atoms. The van der Waals surface area contributed by atoms with Crippen molar-refractivity contribution in [1.29, 1.82) is 5.41 Å². The van der Waals surface area contributed by atoms with Crippen LogP contribution < -0.4 is 11.0 Å². The van der Waals surface area contributed by atoms with Gasteiger partial charge in [0, 0.05) is 24.7 Å². The lowest BCUT2D eigenvalue weighted by molar-refractivity contribution is 0.0608. The van der Waals surface area contributed by atoms with Gasteiger partial charge < -0.3 is 9.72 Å². The molecule has 1 unspecified atom stereocenters. The molecule has 1 fully saturated rings. The first-order chi connectivity index (χ1) is 13.2. The molecule has 1 aliphatic rings. The molecule has 1 atom stereocenters. The van der Waals surface area contributed by atoms with Crippen molar-refractivity contribution in [1.82, 2.24) is 25.6 Å². The molecule has 2 aromatic heterocycles. The van der Waals surface area contributed by atoms with Gasteiger partial charge in [0.25, 0.3) is 5.56 Å². The predicted octanol–water partition coefficient (Wildman–Crippen LogP) is 1.51. The van der Waals surface area contributed by atoms with Crippen molar-refractivity contribution in [2.75, 3.05) is 13.2 Å². The van der Waals surface area contributed by atoms with E-state index in [4.69, 9.17) is 10.1 Å². The van der Waals surface area contributed by atoms with Crippen molar-refractivity contribution in [3.8, 4) is 0 Å². The topological polar surface area (TPSA) is 140 Å². The molecule has 0 radical (unpaired) electrons. The third-order valence-corrected chi connectivity index (χ3v) is 5.05. The number of rotatable bonds is 4. The summed E-state index contributed by atoms with van der Waals surface area (Å²) in [4.78, 5) is 20.0. The van der Waals surface area contributed by atoms with E-state index in [-0.39, 0.29) is 23.2 Å². The lowest BCUT2D eigenvalue weighted by atomic mass is 9.78. The van der Waals surface area contributed by atoms with Crippen LogP contribution in [-0.4, -0.2) is 44.4 Å². The van der Waals surface area contributed by atoms with Gasteiger partial charge in [0.1, 0.15) is 17.0 Å². The van der Waals surface area contributed by atoms with Crippen molar-refractivity contribution in [3.05, 3.63) is 57.8 Å². The van der Waals surface area contributed by atoms with Gasteiger partial charge >= 0.3 is 0 Å². The van der Waals surface area contributed by atoms with E-state index in [1.807, 2.05) is 17.6 Å². The number of hydroxylamine groups is 1. The molecule has 1 saturated heterocycles. The molecule has 3 heterocycles.